The predicted octanol–water partition coefficient (Wildman–Crippen LogP) is 1.75. The van der Waals surface area contributed by atoms with E-state index in [2.05, 4.69) is 10.3 Å². The molecular weight excluding hydrogens is 276 g/mol. The highest BCUT2D eigenvalue weighted by molar-refractivity contribution is 7.09. The van der Waals surface area contributed by atoms with Gasteiger partial charge < -0.3 is 15.2 Å². The van der Waals surface area contributed by atoms with Gasteiger partial charge in [0, 0.05) is 12.5 Å². The van der Waals surface area contributed by atoms with Crippen molar-refractivity contribution in [2.45, 2.75) is 12.6 Å². The Balaban J connectivity index is 2.05. The first kappa shape index (κ1) is 14.6. The van der Waals surface area contributed by atoms with Gasteiger partial charge >= 0.3 is 0 Å². The van der Waals surface area contributed by atoms with Gasteiger partial charge in [-0.2, -0.15) is 0 Å². The molecule has 20 heavy (non-hydrogen) atoms. The summed E-state index contributed by atoms with van der Waals surface area (Å²) in [5, 5.41) is 14.6. The molecule has 1 aromatic heterocycles. The lowest BCUT2D eigenvalue weighted by Crippen LogP contribution is -2.31. The van der Waals surface area contributed by atoms with E-state index < -0.39 is 6.04 Å². The van der Waals surface area contributed by atoms with E-state index in [1.165, 1.54) is 11.3 Å². The van der Waals surface area contributed by atoms with Gasteiger partial charge in [-0.05, 0) is 5.56 Å². The fourth-order valence-electron chi connectivity index (χ4n) is 1.76. The highest BCUT2D eigenvalue weighted by Crippen LogP contribution is 2.14. The summed E-state index contributed by atoms with van der Waals surface area (Å²) in [5.41, 5.74) is 1.20. The Bertz CT molecular complexity index is 557. The van der Waals surface area contributed by atoms with Crippen molar-refractivity contribution in [3.8, 4) is 0 Å². The fourth-order valence-corrected chi connectivity index (χ4v) is 2.50. The molecule has 0 spiro atoms. The average molecular weight is 292 g/mol. The summed E-state index contributed by atoms with van der Waals surface area (Å²) >= 11 is 1.37. The molecule has 0 aliphatic heterocycles. The number of aromatic nitrogens is 1. The number of benzene rings is 1. The standard InChI is InChI=1S/C14H16N2O3S/c1-19-8-13-15-12(9-20-13)14(18)16-11(7-17)10-5-3-2-4-6-10/h2-6,9,11,17H,7-8H2,1H3,(H,16,18)/t11-/m1/s1. The molecule has 0 unspecified atom stereocenters. The molecule has 1 amide bonds. The molecule has 2 aromatic rings. The van der Waals surface area contributed by atoms with Crippen LogP contribution >= 0.6 is 11.3 Å². The van der Waals surface area contributed by atoms with Gasteiger partial charge in [0.1, 0.15) is 10.7 Å². The number of hydrogen-bond acceptors (Lipinski definition) is 5. The third-order valence-electron chi connectivity index (χ3n) is 2.74. The summed E-state index contributed by atoms with van der Waals surface area (Å²) in [6.07, 6.45) is 0. The van der Waals surface area contributed by atoms with E-state index in [9.17, 15) is 9.90 Å². The third kappa shape index (κ3) is 3.63. The topological polar surface area (TPSA) is 71.5 Å². The summed E-state index contributed by atoms with van der Waals surface area (Å²) in [7, 11) is 1.58. The summed E-state index contributed by atoms with van der Waals surface area (Å²) < 4.78 is 4.97. The van der Waals surface area contributed by atoms with Crippen LogP contribution in [0.25, 0.3) is 0 Å². The number of hydrogen-bond donors (Lipinski definition) is 2. The molecule has 0 bridgehead atoms. The molecule has 6 heteroatoms. The van der Waals surface area contributed by atoms with Crippen molar-refractivity contribution >= 4 is 17.2 Å². The number of nitrogens with one attached hydrogen (secondary N) is 1. The maximum atomic E-state index is 12.1. The largest absolute Gasteiger partial charge is 0.394 e. The molecule has 1 heterocycles. The van der Waals surface area contributed by atoms with Crippen LogP contribution in [-0.2, 0) is 11.3 Å². The van der Waals surface area contributed by atoms with Gasteiger partial charge in [-0.25, -0.2) is 4.98 Å². The van der Waals surface area contributed by atoms with Gasteiger partial charge in [-0.1, -0.05) is 30.3 Å². The first-order valence-electron chi connectivity index (χ1n) is 6.14. The second-order valence-corrected chi connectivity index (χ2v) is 5.12. The number of carbonyl (C=O) groups excluding carboxylic acids is 1. The minimum atomic E-state index is -0.434. The number of carbonyl (C=O) groups is 1. The molecule has 5 nitrogen and oxygen atoms in total. The zero-order valence-electron chi connectivity index (χ0n) is 11.1. The number of ether oxygens (including phenoxy) is 1. The summed E-state index contributed by atoms with van der Waals surface area (Å²) in [6.45, 7) is 0.227. The van der Waals surface area contributed by atoms with Crippen LogP contribution in [0.1, 0.15) is 27.1 Å². The van der Waals surface area contributed by atoms with Gasteiger partial charge in [0.2, 0.25) is 0 Å². The SMILES string of the molecule is COCc1nc(C(=O)N[C@H](CO)c2ccccc2)cs1. The first-order valence-corrected chi connectivity index (χ1v) is 7.02. The number of aliphatic hydroxyl groups is 1. The molecule has 0 radical (unpaired) electrons. The molecule has 0 saturated carbocycles. The van der Waals surface area contributed by atoms with Crippen molar-refractivity contribution in [3.63, 3.8) is 0 Å². The van der Waals surface area contributed by atoms with Crippen molar-refractivity contribution in [3.05, 3.63) is 52.0 Å². The summed E-state index contributed by atoms with van der Waals surface area (Å²) in [6, 6.07) is 8.90. The lowest BCUT2D eigenvalue weighted by atomic mass is 10.1. The van der Waals surface area contributed by atoms with E-state index in [4.69, 9.17) is 4.74 Å². The maximum Gasteiger partial charge on any atom is 0.271 e. The van der Waals surface area contributed by atoms with Crippen LogP contribution in [0.3, 0.4) is 0 Å². The van der Waals surface area contributed by atoms with Crippen LogP contribution in [0, 0.1) is 0 Å². The molecule has 106 valence electrons. The van der Waals surface area contributed by atoms with E-state index in [1.54, 1.807) is 12.5 Å². The number of aliphatic hydroxyl groups excluding tert-OH is 1. The molecule has 2 rings (SSSR count). The zero-order valence-corrected chi connectivity index (χ0v) is 11.9. The summed E-state index contributed by atoms with van der Waals surface area (Å²) in [5.74, 6) is -0.300. The van der Waals surface area contributed by atoms with Crippen molar-refractivity contribution in [2.24, 2.45) is 0 Å². The number of methoxy groups -OCH3 is 1. The lowest BCUT2D eigenvalue weighted by Gasteiger charge is -2.15. The second-order valence-electron chi connectivity index (χ2n) is 4.18. The maximum absolute atomic E-state index is 12.1. The zero-order chi connectivity index (χ0) is 14.4. The minimum absolute atomic E-state index is 0.162. The number of amides is 1. The van der Waals surface area contributed by atoms with E-state index in [0.29, 0.717) is 12.3 Å². The van der Waals surface area contributed by atoms with Gasteiger partial charge in [0.15, 0.2) is 0 Å². The fraction of sp³-hybridized carbons (Fsp3) is 0.286. The summed E-state index contributed by atoms with van der Waals surface area (Å²) in [4.78, 5) is 16.3. The molecule has 0 aliphatic rings. The smallest absolute Gasteiger partial charge is 0.271 e. The van der Waals surface area contributed by atoms with E-state index >= 15 is 0 Å². The molecule has 0 aliphatic carbocycles. The van der Waals surface area contributed by atoms with Crippen molar-refractivity contribution in [1.29, 1.82) is 0 Å². The Morgan fingerprint density at radius 1 is 1.45 bits per heavy atom. The molecule has 2 N–H and O–H groups in total. The first-order chi connectivity index (χ1) is 9.74. The third-order valence-corrected chi connectivity index (χ3v) is 3.56. The van der Waals surface area contributed by atoms with E-state index in [1.807, 2.05) is 30.3 Å². The Kier molecular flexibility index (Phi) is 5.23. The number of rotatable bonds is 6. The second kappa shape index (κ2) is 7.14. The normalized spacial score (nSPS) is 12.1. The highest BCUT2D eigenvalue weighted by Gasteiger charge is 2.16. The molecule has 0 saturated heterocycles. The molecule has 0 fully saturated rings. The van der Waals surface area contributed by atoms with Crippen molar-refractivity contribution in [1.82, 2.24) is 10.3 Å². The van der Waals surface area contributed by atoms with Crippen LogP contribution < -0.4 is 5.32 Å². The van der Waals surface area contributed by atoms with E-state index in [-0.39, 0.29) is 12.5 Å². The van der Waals surface area contributed by atoms with Crippen LogP contribution in [0.5, 0.6) is 0 Å². The monoisotopic (exact) mass is 292 g/mol. The average Bonchev–Trinajstić information content (AvgIpc) is 2.94. The number of thiazole rings is 1. The molecule has 1 aromatic carbocycles. The van der Waals surface area contributed by atoms with Crippen LogP contribution in [0.4, 0.5) is 0 Å². The van der Waals surface area contributed by atoms with Gasteiger partial charge in [-0.15, -0.1) is 11.3 Å². The van der Waals surface area contributed by atoms with Gasteiger partial charge in [-0.3, -0.25) is 4.79 Å². The minimum Gasteiger partial charge on any atom is -0.394 e. The molecule has 1 atom stereocenters. The van der Waals surface area contributed by atoms with Crippen molar-refractivity contribution in [2.75, 3.05) is 13.7 Å². The number of nitrogens with zero attached hydrogens (tertiary/aromatic N) is 1. The Morgan fingerprint density at radius 3 is 2.85 bits per heavy atom. The lowest BCUT2D eigenvalue weighted by molar-refractivity contribution is 0.0911. The quantitative estimate of drug-likeness (QED) is 0.851. The van der Waals surface area contributed by atoms with E-state index in [0.717, 1.165) is 10.6 Å². The highest BCUT2D eigenvalue weighted by atomic mass is 32.1. The molecular formula is C14H16N2O3S. The van der Waals surface area contributed by atoms with Crippen LogP contribution in [0.15, 0.2) is 35.7 Å². The Hall–Kier alpha value is -1.76. The Morgan fingerprint density at radius 2 is 2.20 bits per heavy atom. The van der Waals surface area contributed by atoms with Crippen LogP contribution in [-0.4, -0.2) is 29.7 Å². The Labute approximate surface area is 121 Å². The van der Waals surface area contributed by atoms with Gasteiger partial charge in [0.05, 0.1) is 19.3 Å². The predicted molar refractivity (Wildman–Crippen MR) is 76.6 cm³/mol. The van der Waals surface area contributed by atoms with Crippen LogP contribution in [0.2, 0.25) is 0 Å². The van der Waals surface area contributed by atoms with Gasteiger partial charge in [0.25, 0.3) is 5.91 Å². The van der Waals surface area contributed by atoms with Crippen molar-refractivity contribution < 1.29 is 14.6 Å².